The number of hydrogen-bond acceptors (Lipinski definition) is 4. The summed E-state index contributed by atoms with van der Waals surface area (Å²) in [6, 6.07) is 5.40. The lowest BCUT2D eigenvalue weighted by Crippen LogP contribution is -2.40. The molecule has 1 fully saturated rings. The smallest absolute Gasteiger partial charge is 0.240 e. The van der Waals surface area contributed by atoms with Gasteiger partial charge in [0, 0.05) is 24.7 Å². The number of nitrogens with zero attached hydrogens (tertiary/aromatic N) is 1. The zero-order valence-electron chi connectivity index (χ0n) is 12.5. The largest absolute Gasteiger partial charge is 0.493 e. The highest BCUT2D eigenvalue weighted by Gasteiger charge is 2.25. The molecule has 0 saturated heterocycles. The highest BCUT2D eigenvalue weighted by Crippen LogP contribution is 2.31. The minimum absolute atomic E-state index is 0.00131. The number of carbonyl (C=O) groups excluding carboxylic acids is 2. The molecule has 6 heteroatoms. The lowest BCUT2D eigenvalue weighted by atomic mass is 10.2. The zero-order chi connectivity index (χ0) is 15.4. The van der Waals surface area contributed by atoms with Crippen LogP contribution < -0.4 is 19.7 Å². The van der Waals surface area contributed by atoms with Gasteiger partial charge in [-0.15, -0.1) is 0 Å². The Morgan fingerprint density at radius 1 is 1.24 bits per heavy atom. The first kappa shape index (κ1) is 15.2. The molecule has 1 aliphatic carbocycles. The van der Waals surface area contributed by atoms with E-state index in [1.807, 2.05) is 0 Å². The summed E-state index contributed by atoms with van der Waals surface area (Å²) in [7, 11) is 3.07. The van der Waals surface area contributed by atoms with Gasteiger partial charge in [0.25, 0.3) is 0 Å². The maximum Gasteiger partial charge on any atom is 0.240 e. The molecule has 0 unspecified atom stereocenters. The van der Waals surface area contributed by atoms with Crippen molar-refractivity contribution in [1.82, 2.24) is 5.32 Å². The van der Waals surface area contributed by atoms with Gasteiger partial charge in [0.05, 0.1) is 14.2 Å². The molecule has 6 nitrogen and oxygen atoms in total. The van der Waals surface area contributed by atoms with Gasteiger partial charge in [-0.1, -0.05) is 0 Å². The number of rotatable bonds is 6. The summed E-state index contributed by atoms with van der Waals surface area (Å²) >= 11 is 0. The van der Waals surface area contributed by atoms with Gasteiger partial charge in [-0.3, -0.25) is 9.59 Å². The molecule has 0 aromatic heterocycles. The summed E-state index contributed by atoms with van der Waals surface area (Å²) < 4.78 is 10.4. The molecule has 114 valence electrons. The Hall–Kier alpha value is -2.24. The van der Waals surface area contributed by atoms with E-state index in [0.29, 0.717) is 17.2 Å². The summed E-state index contributed by atoms with van der Waals surface area (Å²) in [5, 5.41) is 2.87. The third-order valence-corrected chi connectivity index (χ3v) is 3.30. The molecule has 0 aliphatic heterocycles. The highest BCUT2D eigenvalue weighted by molar-refractivity contribution is 5.97. The van der Waals surface area contributed by atoms with Crippen LogP contribution in [0.25, 0.3) is 0 Å². The van der Waals surface area contributed by atoms with Gasteiger partial charge in [0.2, 0.25) is 11.8 Å². The van der Waals surface area contributed by atoms with Crippen LogP contribution in [-0.2, 0) is 9.59 Å². The van der Waals surface area contributed by atoms with Crippen molar-refractivity contribution in [3.63, 3.8) is 0 Å². The number of ether oxygens (including phenoxy) is 2. The average Bonchev–Trinajstić information content (AvgIpc) is 3.27. The van der Waals surface area contributed by atoms with Gasteiger partial charge in [-0.25, -0.2) is 0 Å². The molecule has 0 atom stereocenters. The second-order valence-corrected chi connectivity index (χ2v) is 4.99. The van der Waals surface area contributed by atoms with Crippen LogP contribution >= 0.6 is 0 Å². The average molecular weight is 292 g/mol. The topological polar surface area (TPSA) is 67.9 Å². The van der Waals surface area contributed by atoms with Crippen molar-refractivity contribution in [2.45, 2.75) is 25.8 Å². The van der Waals surface area contributed by atoms with Crippen molar-refractivity contribution in [2.24, 2.45) is 0 Å². The molecule has 2 rings (SSSR count). The summed E-state index contributed by atoms with van der Waals surface area (Å²) in [6.45, 7) is 1.43. The van der Waals surface area contributed by atoms with Gasteiger partial charge >= 0.3 is 0 Å². The normalized spacial score (nSPS) is 13.5. The minimum Gasteiger partial charge on any atom is -0.493 e. The molecule has 0 radical (unpaired) electrons. The third kappa shape index (κ3) is 3.87. The van der Waals surface area contributed by atoms with Gasteiger partial charge in [-0.05, 0) is 25.0 Å². The fourth-order valence-electron chi connectivity index (χ4n) is 2.02. The van der Waals surface area contributed by atoms with E-state index >= 15 is 0 Å². The number of nitrogens with one attached hydrogen (secondary N) is 1. The molecule has 1 N–H and O–H groups in total. The molecular weight excluding hydrogens is 272 g/mol. The fourth-order valence-corrected chi connectivity index (χ4v) is 2.02. The summed E-state index contributed by atoms with van der Waals surface area (Å²) in [4.78, 5) is 25.1. The maximum atomic E-state index is 11.9. The SMILES string of the molecule is COc1ccc(N(CC(=O)NC2CC2)C(C)=O)cc1OC. The van der Waals surface area contributed by atoms with Crippen molar-refractivity contribution in [2.75, 3.05) is 25.7 Å². The Balaban J connectivity index is 2.16. The van der Waals surface area contributed by atoms with Crippen molar-refractivity contribution in [3.8, 4) is 11.5 Å². The van der Waals surface area contributed by atoms with E-state index in [0.717, 1.165) is 12.8 Å². The summed E-state index contributed by atoms with van der Waals surface area (Å²) in [5.41, 5.74) is 0.603. The van der Waals surface area contributed by atoms with E-state index in [1.54, 1.807) is 25.3 Å². The first-order chi connectivity index (χ1) is 10.0. The van der Waals surface area contributed by atoms with E-state index in [1.165, 1.54) is 18.9 Å². The third-order valence-electron chi connectivity index (χ3n) is 3.30. The van der Waals surface area contributed by atoms with E-state index in [-0.39, 0.29) is 24.4 Å². The molecule has 0 spiro atoms. The van der Waals surface area contributed by atoms with Crippen LogP contribution in [0.5, 0.6) is 11.5 Å². The van der Waals surface area contributed by atoms with Crippen molar-refractivity contribution in [1.29, 1.82) is 0 Å². The summed E-state index contributed by atoms with van der Waals surface area (Å²) in [6.07, 6.45) is 2.03. The standard InChI is InChI=1S/C15H20N2O4/c1-10(18)17(9-15(19)16-11-4-5-11)12-6-7-13(20-2)14(8-12)21-3/h6-8,11H,4-5,9H2,1-3H3,(H,16,19). The molecule has 21 heavy (non-hydrogen) atoms. The first-order valence-electron chi connectivity index (χ1n) is 6.84. The lowest BCUT2D eigenvalue weighted by molar-refractivity contribution is -0.123. The quantitative estimate of drug-likeness (QED) is 0.859. The number of amides is 2. The van der Waals surface area contributed by atoms with Crippen LogP contribution in [0.15, 0.2) is 18.2 Å². The number of benzene rings is 1. The predicted molar refractivity (Wildman–Crippen MR) is 78.7 cm³/mol. The minimum atomic E-state index is -0.201. The number of anilines is 1. The number of methoxy groups -OCH3 is 2. The predicted octanol–water partition coefficient (Wildman–Crippen LogP) is 1.34. The van der Waals surface area contributed by atoms with E-state index < -0.39 is 0 Å². The number of hydrogen-bond donors (Lipinski definition) is 1. The van der Waals surface area contributed by atoms with Crippen LogP contribution in [0.3, 0.4) is 0 Å². The molecule has 0 bridgehead atoms. The van der Waals surface area contributed by atoms with Gasteiger partial charge in [0.15, 0.2) is 11.5 Å². The van der Waals surface area contributed by atoms with Crippen molar-refractivity contribution < 1.29 is 19.1 Å². The second-order valence-electron chi connectivity index (χ2n) is 4.99. The van der Waals surface area contributed by atoms with E-state index in [2.05, 4.69) is 5.32 Å². The van der Waals surface area contributed by atoms with Crippen LogP contribution in [0.1, 0.15) is 19.8 Å². The molecule has 1 saturated carbocycles. The van der Waals surface area contributed by atoms with Crippen LogP contribution in [0, 0.1) is 0 Å². The van der Waals surface area contributed by atoms with E-state index in [9.17, 15) is 9.59 Å². The molecule has 2 amide bonds. The maximum absolute atomic E-state index is 11.9. The Kier molecular flexibility index (Phi) is 4.67. The number of carbonyl (C=O) groups is 2. The van der Waals surface area contributed by atoms with Crippen LogP contribution in [0.4, 0.5) is 5.69 Å². The fraction of sp³-hybridized carbons (Fsp3) is 0.467. The lowest BCUT2D eigenvalue weighted by Gasteiger charge is -2.21. The highest BCUT2D eigenvalue weighted by atomic mass is 16.5. The van der Waals surface area contributed by atoms with Gasteiger partial charge in [-0.2, -0.15) is 0 Å². The van der Waals surface area contributed by atoms with Crippen LogP contribution in [0.2, 0.25) is 0 Å². The Morgan fingerprint density at radius 2 is 1.90 bits per heavy atom. The monoisotopic (exact) mass is 292 g/mol. The van der Waals surface area contributed by atoms with Gasteiger partial charge in [0.1, 0.15) is 6.54 Å². The molecular formula is C15H20N2O4. The second kappa shape index (κ2) is 6.47. The zero-order valence-corrected chi connectivity index (χ0v) is 12.5. The van der Waals surface area contributed by atoms with Crippen molar-refractivity contribution in [3.05, 3.63) is 18.2 Å². The van der Waals surface area contributed by atoms with Gasteiger partial charge < -0.3 is 19.7 Å². The van der Waals surface area contributed by atoms with Crippen LogP contribution in [-0.4, -0.2) is 38.6 Å². The molecule has 1 aliphatic rings. The summed E-state index contributed by atoms with van der Waals surface area (Å²) in [5.74, 6) is 0.742. The van der Waals surface area contributed by atoms with E-state index in [4.69, 9.17) is 9.47 Å². The molecule has 1 aromatic carbocycles. The Morgan fingerprint density at radius 3 is 2.43 bits per heavy atom. The molecule has 0 heterocycles. The molecule has 1 aromatic rings. The first-order valence-corrected chi connectivity index (χ1v) is 6.84. The Bertz CT molecular complexity index is 540. The Labute approximate surface area is 124 Å². The van der Waals surface area contributed by atoms with Crippen molar-refractivity contribution >= 4 is 17.5 Å².